The number of hydrogen-bond acceptors (Lipinski definition) is 2. The molecule has 1 N–H and O–H groups in total. The third-order valence-corrected chi connectivity index (χ3v) is 4.88. The molecule has 2 nitrogen and oxygen atoms in total. The zero-order valence-electron chi connectivity index (χ0n) is 12.3. The summed E-state index contributed by atoms with van der Waals surface area (Å²) in [6, 6.07) is 0.512. The molecule has 0 saturated heterocycles. The first-order valence-corrected chi connectivity index (χ1v) is 7.90. The summed E-state index contributed by atoms with van der Waals surface area (Å²) in [5, 5.41) is 3.59. The van der Waals surface area contributed by atoms with E-state index in [0.717, 1.165) is 32.2 Å². The summed E-state index contributed by atoms with van der Waals surface area (Å²) >= 11 is 0. The van der Waals surface area contributed by atoms with Crippen LogP contribution in [-0.4, -0.2) is 31.5 Å². The average molecular weight is 293 g/mol. The van der Waals surface area contributed by atoms with Crippen LogP contribution >= 0.6 is 0 Å². The molecule has 2 fully saturated rings. The van der Waals surface area contributed by atoms with E-state index in [-0.39, 0.29) is 24.5 Å². The van der Waals surface area contributed by atoms with Gasteiger partial charge in [-0.3, -0.25) is 0 Å². The van der Waals surface area contributed by atoms with Crippen LogP contribution < -0.4 is 5.32 Å². The third kappa shape index (κ3) is 3.67. The van der Waals surface area contributed by atoms with Crippen molar-refractivity contribution < 1.29 is 17.9 Å². The fourth-order valence-electron chi connectivity index (χ4n) is 3.79. The molecule has 0 heterocycles. The smallest absolute Gasteiger partial charge is 0.378 e. The quantitative estimate of drug-likeness (QED) is 0.715. The maximum absolute atomic E-state index is 12.1. The molecule has 0 amide bonds. The van der Waals surface area contributed by atoms with Gasteiger partial charge in [0.25, 0.3) is 0 Å². The Morgan fingerprint density at radius 2 is 1.95 bits per heavy atom. The lowest BCUT2D eigenvalue weighted by Crippen LogP contribution is -2.62. The monoisotopic (exact) mass is 293 g/mol. The Balaban J connectivity index is 1.75. The summed E-state index contributed by atoms with van der Waals surface area (Å²) in [4.78, 5) is 0. The summed E-state index contributed by atoms with van der Waals surface area (Å²) in [6.07, 6.45) is 2.34. The highest BCUT2D eigenvalue weighted by atomic mass is 19.4. The minimum Gasteiger partial charge on any atom is -0.378 e. The second kappa shape index (κ2) is 6.65. The molecule has 1 spiro atoms. The Hall–Kier alpha value is -0.290. The van der Waals surface area contributed by atoms with Gasteiger partial charge in [-0.1, -0.05) is 19.8 Å². The third-order valence-electron chi connectivity index (χ3n) is 4.88. The zero-order chi connectivity index (χ0) is 14.6. The molecule has 2 rings (SSSR count). The van der Waals surface area contributed by atoms with Gasteiger partial charge in [-0.25, -0.2) is 0 Å². The van der Waals surface area contributed by atoms with Crippen molar-refractivity contribution in [1.29, 1.82) is 0 Å². The molecule has 2 atom stereocenters. The molecule has 0 aromatic heterocycles. The summed E-state index contributed by atoms with van der Waals surface area (Å²) in [5.74, 6) is 0. The number of nitrogens with one attached hydrogen (secondary N) is 1. The Morgan fingerprint density at radius 1 is 1.25 bits per heavy atom. The fraction of sp³-hybridized carbons (Fsp3) is 1.00. The van der Waals surface area contributed by atoms with Crippen LogP contribution in [0.1, 0.15) is 58.3 Å². The minimum absolute atomic E-state index is 0.0864. The van der Waals surface area contributed by atoms with Crippen LogP contribution in [0.25, 0.3) is 0 Å². The van der Waals surface area contributed by atoms with E-state index in [0.29, 0.717) is 6.04 Å². The maximum atomic E-state index is 12.1. The van der Waals surface area contributed by atoms with Gasteiger partial charge in [0.2, 0.25) is 0 Å². The molecule has 0 aliphatic heterocycles. The molecule has 2 aliphatic carbocycles. The van der Waals surface area contributed by atoms with Crippen molar-refractivity contribution in [2.45, 2.75) is 76.6 Å². The Bertz CT molecular complexity index is 300. The van der Waals surface area contributed by atoms with Crippen molar-refractivity contribution in [1.82, 2.24) is 5.32 Å². The molecule has 0 bridgehead atoms. The van der Waals surface area contributed by atoms with Gasteiger partial charge in [-0.2, -0.15) is 13.2 Å². The van der Waals surface area contributed by atoms with Crippen molar-refractivity contribution >= 4 is 0 Å². The highest BCUT2D eigenvalue weighted by molar-refractivity contribution is 5.09. The Labute approximate surface area is 119 Å². The van der Waals surface area contributed by atoms with E-state index >= 15 is 0 Å². The van der Waals surface area contributed by atoms with Crippen molar-refractivity contribution in [3.8, 4) is 0 Å². The van der Waals surface area contributed by atoms with Crippen molar-refractivity contribution in [2.75, 3.05) is 13.2 Å². The van der Waals surface area contributed by atoms with Crippen molar-refractivity contribution in [3.05, 3.63) is 0 Å². The van der Waals surface area contributed by atoms with Gasteiger partial charge in [0.1, 0.15) is 0 Å². The van der Waals surface area contributed by atoms with E-state index < -0.39 is 12.6 Å². The average Bonchev–Trinajstić information content (AvgIpc) is 2.87. The van der Waals surface area contributed by atoms with E-state index in [4.69, 9.17) is 4.74 Å². The molecule has 2 aliphatic rings. The molecule has 2 unspecified atom stereocenters. The second-order valence-corrected chi connectivity index (χ2v) is 6.26. The minimum atomic E-state index is -4.06. The summed E-state index contributed by atoms with van der Waals surface area (Å²) in [6.45, 7) is 3.41. The highest BCUT2D eigenvalue weighted by Gasteiger charge is 2.56. The van der Waals surface area contributed by atoms with Gasteiger partial charge < -0.3 is 10.1 Å². The van der Waals surface area contributed by atoms with E-state index in [2.05, 4.69) is 12.2 Å². The Kier molecular flexibility index (Phi) is 5.35. The van der Waals surface area contributed by atoms with Gasteiger partial charge in [-0.15, -0.1) is 0 Å². The predicted octanol–water partition coefficient (Wildman–Crippen LogP) is 4.05. The maximum Gasteiger partial charge on any atom is 0.389 e. The van der Waals surface area contributed by atoms with Crippen molar-refractivity contribution in [2.24, 2.45) is 5.41 Å². The van der Waals surface area contributed by atoms with Gasteiger partial charge in [0.15, 0.2) is 0 Å². The topological polar surface area (TPSA) is 21.3 Å². The molecule has 20 heavy (non-hydrogen) atoms. The van der Waals surface area contributed by atoms with E-state index in [1.807, 2.05) is 0 Å². The van der Waals surface area contributed by atoms with Crippen LogP contribution in [0, 0.1) is 5.41 Å². The van der Waals surface area contributed by atoms with Crippen molar-refractivity contribution in [3.63, 3.8) is 0 Å². The number of ether oxygens (including phenoxy) is 1. The first kappa shape index (κ1) is 16.1. The normalized spacial score (nSPS) is 28.8. The number of rotatable bonds is 7. The van der Waals surface area contributed by atoms with Crippen LogP contribution in [0.15, 0.2) is 0 Å². The molecule has 0 aromatic carbocycles. The largest absolute Gasteiger partial charge is 0.389 e. The highest BCUT2D eigenvalue weighted by Crippen LogP contribution is 2.54. The lowest BCUT2D eigenvalue weighted by atomic mass is 9.60. The Morgan fingerprint density at radius 3 is 2.55 bits per heavy atom. The van der Waals surface area contributed by atoms with E-state index in [9.17, 15) is 13.2 Å². The molecule has 118 valence electrons. The van der Waals surface area contributed by atoms with E-state index in [1.54, 1.807) is 0 Å². The van der Waals surface area contributed by atoms with Gasteiger partial charge >= 0.3 is 6.18 Å². The van der Waals surface area contributed by atoms with Crippen LogP contribution in [0.4, 0.5) is 13.2 Å². The lowest BCUT2D eigenvalue weighted by molar-refractivity contribution is -0.154. The lowest BCUT2D eigenvalue weighted by Gasteiger charge is -2.54. The number of alkyl halides is 3. The molecule has 0 radical (unpaired) electrons. The summed E-state index contributed by atoms with van der Waals surface area (Å²) < 4.78 is 42.1. The molecule has 0 aromatic rings. The number of hydrogen-bond donors (Lipinski definition) is 1. The van der Waals surface area contributed by atoms with Crippen LogP contribution in [0.5, 0.6) is 0 Å². The second-order valence-electron chi connectivity index (χ2n) is 6.26. The molecular formula is C15H26F3NO. The van der Waals surface area contributed by atoms with E-state index in [1.165, 1.54) is 12.8 Å². The fourth-order valence-corrected chi connectivity index (χ4v) is 3.79. The van der Waals surface area contributed by atoms with Gasteiger partial charge in [0.05, 0.1) is 6.10 Å². The SMILES string of the molecule is CCCNC1CC(OCCCC(F)(F)F)C12CCCC2. The standard InChI is InChI=1S/C15H26F3NO/c1-2-9-19-12-11-13(14(12)6-3-4-7-14)20-10-5-8-15(16,17)18/h12-13,19H,2-11H2,1H3. The molecule has 5 heteroatoms. The zero-order valence-corrected chi connectivity index (χ0v) is 12.3. The number of halogens is 3. The van der Waals surface area contributed by atoms with Gasteiger partial charge in [-0.05, 0) is 38.6 Å². The summed E-state index contributed by atoms with van der Waals surface area (Å²) in [7, 11) is 0. The molecule has 2 saturated carbocycles. The van der Waals surface area contributed by atoms with Gasteiger partial charge in [0, 0.05) is 24.5 Å². The first-order valence-electron chi connectivity index (χ1n) is 7.90. The predicted molar refractivity (Wildman–Crippen MR) is 72.6 cm³/mol. The van der Waals surface area contributed by atoms with Crippen LogP contribution in [0.2, 0.25) is 0 Å². The van der Waals surface area contributed by atoms with Crippen LogP contribution in [0.3, 0.4) is 0 Å². The molecular weight excluding hydrogens is 267 g/mol. The van der Waals surface area contributed by atoms with Crippen LogP contribution in [-0.2, 0) is 4.74 Å². The first-order chi connectivity index (χ1) is 9.48. The summed E-state index contributed by atoms with van der Waals surface area (Å²) in [5.41, 5.74) is 0.216.